The van der Waals surface area contributed by atoms with E-state index in [1.54, 1.807) is 60.7 Å². The van der Waals surface area contributed by atoms with Gasteiger partial charge >= 0.3 is 0 Å². The average molecular weight is 450 g/mol. The fourth-order valence-electron chi connectivity index (χ4n) is 2.54. The summed E-state index contributed by atoms with van der Waals surface area (Å²) in [6.45, 7) is 0. The highest BCUT2D eigenvalue weighted by atomic mass is 35.5. The fourth-order valence-corrected chi connectivity index (χ4v) is 4.07. The second-order valence-corrected chi connectivity index (χ2v) is 8.04. The smallest absolute Gasteiger partial charge is 0.264 e. The highest BCUT2D eigenvalue weighted by Gasteiger charge is 2.24. The Labute approximate surface area is 180 Å². The molecule has 3 aromatic rings. The molecule has 1 aliphatic rings. The van der Waals surface area contributed by atoms with Crippen molar-refractivity contribution in [1.29, 1.82) is 0 Å². The van der Waals surface area contributed by atoms with Crippen LogP contribution in [0.5, 0.6) is 0 Å². The molecule has 0 saturated carbocycles. The number of amides is 1. The fraction of sp³-hybridized carbons (Fsp3) is 0. The summed E-state index contributed by atoms with van der Waals surface area (Å²) in [6, 6.07) is 15.8. The van der Waals surface area contributed by atoms with Gasteiger partial charge in [-0.25, -0.2) is 4.99 Å². The largest absolute Gasteiger partial charge is 0.457 e. The molecule has 140 valence electrons. The van der Waals surface area contributed by atoms with Crippen LogP contribution in [0.25, 0.3) is 17.4 Å². The maximum absolute atomic E-state index is 12.2. The van der Waals surface area contributed by atoms with Gasteiger partial charge in [0.2, 0.25) is 0 Å². The minimum absolute atomic E-state index is 0.244. The Kier molecular flexibility index (Phi) is 5.51. The summed E-state index contributed by atoms with van der Waals surface area (Å²) in [5.74, 6) is 0.795. The molecule has 1 saturated heterocycles. The summed E-state index contributed by atoms with van der Waals surface area (Å²) in [5, 5.41) is 4.83. The summed E-state index contributed by atoms with van der Waals surface area (Å²) >= 11 is 19.5. The zero-order chi connectivity index (χ0) is 19.7. The number of hydrogen-bond acceptors (Lipinski definition) is 4. The van der Waals surface area contributed by atoms with Crippen LogP contribution < -0.4 is 5.32 Å². The topological polar surface area (TPSA) is 54.6 Å². The van der Waals surface area contributed by atoms with Crippen LogP contribution in [-0.4, -0.2) is 11.1 Å². The molecule has 4 nitrogen and oxygen atoms in total. The molecular weight excluding hydrogens is 439 g/mol. The van der Waals surface area contributed by atoms with Crippen molar-refractivity contribution < 1.29 is 9.21 Å². The van der Waals surface area contributed by atoms with Gasteiger partial charge in [0.1, 0.15) is 11.5 Å². The van der Waals surface area contributed by atoms with E-state index in [1.807, 2.05) is 0 Å². The molecular formula is C20H11Cl3N2O2S. The minimum atomic E-state index is -0.244. The lowest BCUT2D eigenvalue weighted by Crippen LogP contribution is -2.19. The first-order valence-electron chi connectivity index (χ1n) is 8.09. The minimum Gasteiger partial charge on any atom is -0.457 e. The van der Waals surface area contributed by atoms with Crippen molar-refractivity contribution in [2.75, 3.05) is 0 Å². The molecule has 1 amide bonds. The second-order valence-electron chi connectivity index (χ2n) is 5.76. The third-order valence-electron chi connectivity index (χ3n) is 3.82. The molecule has 0 atom stereocenters. The van der Waals surface area contributed by atoms with Crippen LogP contribution in [0.3, 0.4) is 0 Å². The van der Waals surface area contributed by atoms with E-state index in [1.165, 1.54) is 11.8 Å². The molecule has 8 heteroatoms. The zero-order valence-electron chi connectivity index (χ0n) is 14.1. The van der Waals surface area contributed by atoms with Crippen LogP contribution in [0.2, 0.25) is 15.1 Å². The Morgan fingerprint density at radius 1 is 0.964 bits per heavy atom. The Morgan fingerprint density at radius 3 is 2.39 bits per heavy atom. The van der Waals surface area contributed by atoms with Gasteiger partial charge in [0.25, 0.3) is 5.91 Å². The van der Waals surface area contributed by atoms with Gasteiger partial charge in [-0.05, 0) is 60.3 Å². The molecule has 0 radical (unpaired) electrons. The molecule has 4 rings (SSSR count). The molecule has 1 N–H and O–H groups in total. The van der Waals surface area contributed by atoms with Crippen molar-refractivity contribution in [2.45, 2.75) is 0 Å². The standard InChI is InChI=1S/C20H11Cl3N2O2S/c21-11-4-6-12(7-5-11)24-20-25-19(26)17(28-20)10-13-8-9-16(27-13)18-14(22)2-1-3-15(18)23/h1-10H,(H,24,25,26)/b17-10+. The monoisotopic (exact) mass is 448 g/mol. The Morgan fingerprint density at radius 2 is 1.68 bits per heavy atom. The van der Waals surface area contributed by atoms with Crippen molar-refractivity contribution in [3.63, 3.8) is 0 Å². The maximum atomic E-state index is 12.2. The molecule has 0 bridgehead atoms. The zero-order valence-corrected chi connectivity index (χ0v) is 17.2. The van der Waals surface area contributed by atoms with Crippen LogP contribution >= 0.6 is 46.6 Å². The van der Waals surface area contributed by atoms with Crippen molar-refractivity contribution >= 4 is 69.4 Å². The number of nitrogens with zero attached hydrogens (tertiary/aromatic N) is 1. The highest BCUT2D eigenvalue weighted by molar-refractivity contribution is 8.18. The van der Waals surface area contributed by atoms with E-state index in [-0.39, 0.29) is 5.91 Å². The SMILES string of the molecule is O=C1NC(=Nc2ccc(Cl)cc2)S/C1=C/c1ccc(-c2c(Cl)cccc2Cl)o1. The first-order valence-corrected chi connectivity index (χ1v) is 10.0. The van der Waals surface area contributed by atoms with Gasteiger partial charge in [-0.3, -0.25) is 4.79 Å². The number of carbonyl (C=O) groups excluding carboxylic acids is 1. The van der Waals surface area contributed by atoms with Gasteiger partial charge in [0, 0.05) is 11.1 Å². The number of halogens is 3. The Balaban J connectivity index is 1.57. The molecule has 1 aliphatic heterocycles. The van der Waals surface area contributed by atoms with Crippen molar-refractivity contribution in [2.24, 2.45) is 4.99 Å². The average Bonchev–Trinajstić information content (AvgIpc) is 3.24. The number of carbonyl (C=O) groups is 1. The van der Waals surface area contributed by atoms with E-state index >= 15 is 0 Å². The number of aliphatic imine (C=N–C) groups is 1. The van der Waals surface area contributed by atoms with E-state index in [4.69, 9.17) is 39.2 Å². The number of rotatable bonds is 3. The number of benzene rings is 2. The molecule has 2 heterocycles. The van der Waals surface area contributed by atoms with Crippen molar-refractivity contribution in [3.05, 3.63) is 80.3 Å². The predicted molar refractivity (Wildman–Crippen MR) is 116 cm³/mol. The van der Waals surface area contributed by atoms with Gasteiger partial charge in [-0.2, -0.15) is 0 Å². The van der Waals surface area contributed by atoms with Gasteiger partial charge in [0.05, 0.1) is 26.2 Å². The number of amidine groups is 1. The Bertz CT molecular complexity index is 1100. The number of hydrogen-bond donors (Lipinski definition) is 1. The summed E-state index contributed by atoms with van der Waals surface area (Å²) < 4.78 is 5.82. The second kappa shape index (κ2) is 8.05. The van der Waals surface area contributed by atoms with Crippen LogP contribution in [0.15, 0.2) is 68.9 Å². The first kappa shape index (κ1) is 19.2. The summed E-state index contributed by atoms with van der Waals surface area (Å²) in [5.41, 5.74) is 1.31. The lowest BCUT2D eigenvalue weighted by Gasteiger charge is -2.02. The highest BCUT2D eigenvalue weighted by Crippen LogP contribution is 2.36. The quantitative estimate of drug-likeness (QED) is 0.447. The van der Waals surface area contributed by atoms with Crippen LogP contribution in [0.1, 0.15) is 5.76 Å². The van der Waals surface area contributed by atoms with Crippen LogP contribution in [0, 0.1) is 0 Å². The lowest BCUT2D eigenvalue weighted by molar-refractivity contribution is -0.115. The molecule has 28 heavy (non-hydrogen) atoms. The Hall–Kier alpha value is -2.18. The first-order chi connectivity index (χ1) is 13.5. The third-order valence-corrected chi connectivity index (χ3v) is 5.61. The molecule has 2 aromatic carbocycles. The van der Waals surface area contributed by atoms with Gasteiger partial charge < -0.3 is 9.73 Å². The summed E-state index contributed by atoms with van der Waals surface area (Å²) in [7, 11) is 0. The summed E-state index contributed by atoms with van der Waals surface area (Å²) in [6.07, 6.45) is 1.65. The van der Waals surface area contributed by atoms with E-state index < -0.39 is 0 Å². The molecule has 0 unspecified atom stereocenters. The molecule has 1 aromatic heterocycles. The maximum Gasteiger partial charge on any atom is 0.264 e. The predicted octanol–water partition coefficient (Wildman–Crippen LogP) is 6.80. The number of nitrogens with one attached hydrogen (secondary N) is 1. The van der Waals surface area contributed by atoms with E-state index in [0.29, 0.717) is 47.9 Å². The molecule has 0 spiro atoms. The van der Waals surface area contributed by atoms with Crippen molar-refractivity contribution in [1.82, 2.24) is 5.32 Å². The van der Waals surface area contributed by atoms with Crippen molar-refractivity contribution in [3.8, 4) is 11.3 Å². The van der Waals surface area contributed by atoms with Gasteiger partial charge in [0.15, 0.2) is 5.17 Å². The number of thioether (sulfide) groups is 1. The van der Waals surface area contributed by atoms with Gasteiger partial charge in [-0.15, -0.1) is 0 Å². The van der Waals surface area contributed by atoms with Crippen LogP contribution in [0.4, 0.5) is 5.69 Å². The van der Waals surface area contributed by atoms with E-state index in [0.717, 1.165) is 0 Å². The molecule has 0 aliphatic carbocycles. The normalized spacial score (nSPS) is 16.8. The molecule has 1 fully saturated rings. The third kappa shape index (κ3) is 4.13. The number of furan rings is 1. The van der Waals surface area contributed by atoms with E-state index in [2.05, 4.69) is 10.3 Å². The van der Waals surface area contributed by atoms with E-state index in [9.17, 15) is 4.79 Å². The lowest BCUT2D eigenvalue weighted by atomic mass is 10.2. The summed E-state index contributed by atoms with van der Waals surface area (Å²) in [4.78, 5) is 17.1. The van der Waals surface area contributed by atoms with Gasteiger partial charge in [-0.1, -0.05) is 40.9 Å². The van der Waals surface area contributed by atoms with Crippen LogP contribution in [-0.2, 0) is 4.79 Å².